The van der Waals surface area contributed by atoms with Crippen LogP contribution in [0.1, 0.15) is 11.1 Å². The number of halogens is 4. The van der Waals surface area contributed by atoms with Gasteiger partial charge in [0.05, 0.1) is 11.1 Å². The maximum Gasteiger partial charge on any atom is 0.418 e. The van der Waals surface area contributed by atoms with Gasteiger partial charge in [0.2, 0.25) is 0 Å². The van der Waals surface area contributed by atoms with Crippen molar-refractivity contribution in [3.05, 3.63) is 34.3 Å². The Bertz CT molecular complexity index is 593. The average molecular weight is 261 g/mol. The van der Waals surface area contributed by atoms with E-state index in [2.05, 4.69) is 4.98 Å². The number of nitrogens with zero attached hydrogens (tertiary/aromatic N) is 1. The lowest BCUT2D eigenvalue weighted by atomic mass is 10.1. The lowest BCUT2D eigenvalue weighted by Crippen LogP contribution is -2.08. The summed E-state index contributed by atoms with van der Waals surface area (Å²) in [7, 11) is 0. The molecule has 0 saturated carbocycles. The Morgan fingerprint density at radius 2 is 1.88 bits per heavy atom. The van der Waals surface area contributed by atoms with Crippen LogP contribution in [-0.2, 0) is 6.18 Å². The Morgan fingerprint density at radius 3 is 2.47 bits per heavy atom. The van der Waals surface area contributed by atoms with Gasteiger partial charge in [0.15, 0.2) is 0 Å². The van der Waals surface area contributed by atoms with Gasteiger partial charge in [-0.25, -0.2) is 4.98 Å². The molecule has 1 aromatic carbocycles. The number of benzene rings is 1. The number of hydrogen-bond donors (Lipinski definition) is 1. The molecule has 0 unspecified atom stereocenters. The summed E-state index contributed by atoms with van der Waals surface area (Å²) in [6, 6.07) is 3.83. The third-order valence-electron chi connectivity index (χ3n) is 2.42. The van der Waals surface area contributed by atoms with E-state index in [4.69, 9.17) is 17.3 Å². The highest BCUT2D eigenvalue weighted by atomic mass is 35.5. The number of nitrogens with two attached hydrogens (primary N) is 1. The molecule has 0 aliphatic heterocycles. The van der Waals surface area contributed by atoms with Crippen molar-refractivity contribution in [1.29, 1.82) is 0 Å². The summed E-state index contributed by atoms with van der Waals surface area (Å²) in [5.41, 5.74) is 5.10. The van der Waals surface area contributed by atoms with Gasteiger partial charge in [-0.05, 0) is 30.7 Å². The van der Waals surface area contributed by atoms with Crippen molar-refractivity contribution in [3.63, 3.8) is 0 Å². The number of hydrogen-bond acceptors (Lipinski definition) is 2. The highest BCUT2D eigenvalue weighted by molar-refractivity contribution is 6.31. The van der Waals surface area contributed by atoms with Crippen molar-refractivity contribution in [3.8, 4) is 0 Å². The maximum atomic E-state index is 12.8. The summed E-state index contributed by atoms with van der Waals surface area (Å²) < 4.78 is 38.4. The van der Waals surface area contributed by atoms with Crippen LogP contribution < -0.4 is 5.73 Å². The molecular weight excluding hydrogens is 253 g/mol. The van der Waals surface area contributed by atoms with Crippen LogP contribution in [0.3, 0.4) is 0 Å². The standard InChI is InChI=1S/C11H8ClF3N2/c1-5-2-6-3-7(12)4-8(11(13,14)15)9(6)17-10(5)16/h2-4H,1H3,(H2,16,17). The fourth-order valence-corrected chi connectivity index (χ4v) is 1.81. The first kappa shape index (κ1) is 12.0. The van der Waals surface area contributed by atoms with Gasteiger partial charge < -0.3 is 5.73 Å². The second-order valence-electron chi connectivity index (χ2n) is 3.71. The van der Waals surface area contributed by atoms with Crippen LogP contribution in [-0.4, -0.2) is 4.98 Å². The molecule has 0 spiro atoms. The predicted octanol–water partition coefficient (Wildman–Crippen LogP) is 3.80. The number of pyridine rings is 1. The number of aryl methyl sites for hydroxylation is 1. The predicted molar refractivity (Wildman–Crippen MR) is 60.9 cm³/mol. The zero-order valence-corrected chi connectivity index (χ0v) is 9.52. The molecule has 1 aromatic heterocycles. The molecule has 2 rings (SSSR count). The van der Waals surface area contributed by atoms with Crippen LogP contribution in [0.2, 0.25) is 5.02 Å². The minimum Gasteiger partial charge on any atom is -0.383 e. The van der Waals surface area contributed by atoms with Crippen LogP contribution >= 0.6 is 11.6 Å². The third kappa shape index (κ3) is 2.15. The van der Waals surface area contributed by atoms with E-state index < -0.39 is 11.7 Å². The maximum absolute atomic E-state index is 12.8. The quantitative estimate of drug-likeness (QED) is 0.782. The minimum atomic E-state index is -4.50. The Hall–Kier alpha value is -1.49. The van der Waals surface area contributed by atoms with Crippen molar-refractivity contribution >= 4 is 28.3 Å². The van der Waals surface area contributed by atoms with Crippen molar-refractivity contribution in [2.75, 3.05) is 5.73 Å². The molecule has 2 N–H and O–H groups in total. The van der Waals surface area contributed by atoms with Crippen LogP contribution in [0.5, 0.6) is 0 Å². The van der Waals surface area contributed by atoms with Crippen molar-refractivity contribution < 1.29 is 13.2 Å². The van der Waals surface area contributed by atoms with Gasteiger partial charge in [-0.3, -0.25) is 0 Å². The first-order valence-electron chi connectivity index (χ1n) is 4.72. The van der Waals surface area contributed by atoms with E-state index in [-0.39, 0.29) is 16.4 Å². The summed E-state index contributed by atoms with van der Waals surface area (Å²) in [5, 5.41) is 0.354. The summed E-state index contributed by atoms with van der Waals surface area (Å²) >= 11 is 5.66. The topological polar surface area (TPSA) is 38.9 Å². The molecule has 0 aliphatic rings. The second kappa shape index (κ2) is 3.77. The van der Waals surface area contributed by atoms with E-state index in [1.165, 1.54) is 6.07 Å². The van der Waals surface area contributed by atoms with Gasteiger partial charge in [0.1, 0.15) is 5.82 Å². The molecule has 1 heterocycles. The van der Waals surface area contributed by atoms with Gasteiger partial charge in [-0.1, -0.05) is 11.6 Å². The first-order valence-corrected chi connectivity index (χ1v) is 5.10. The second-order valence-corrected chi connectivity index (χ2v) is 4.15. The zero-order valence-electron chi connectivity index (χ0n) is 8.77. The highest BCUT2D eigenvalue weighted by Gasteiger charge is 2.33. The number of anilines is 1. The average Bonchev–Trinajstić information content (AvgIpc) is 2.18. The summed E-state index contributed by atoms with van der Waals surface area (Å²) in [5.74, 6) is 0.0883. The summed E-state index contributed by atoms with van der Waals surface area (Å²) in [6.07, 6.45) is -4.50. The molecular formula is C11H8ClF3N2. The molecule has 6 heteroatoms. The zero-order chi connectivity index (χ0) is 12.8. The van der Waals surface area contributed by atoms with E-state index in [9.17, 15) is 13.2 Å². The lowest BCUT2D eigenvalue weighted by Gasteiger charge is -2.11. The van der Waals surface area contributed by atoms with Crippen molar-refractivity contribution in [2.24, 2.45) is 0 Å². The first-order chi connectivity index (χ1) is 7.79. The van der Waals surface area contributed by atoms with Gasteiger partial charge in [0.25, 0.3) is 0 Å². The fraction of sp³-hybridized carbons (Fsp3) is 0.182. The third-order valence-corrected chi connectivity index (χ3v) is 2.64. The van der Waals surface area contributed by atoms with Crippen LogP contribution in [0.25, 0.3) is 10.9 Å². The molecule has 0 fully saturated rings. The molecule has 0 bridgehead atoms. The van der Waals surface area contributed by atoms with E-state index in [1.807, 2.05) is 0 Å². The largest absolute Gasteiger partial charge is 0.418 e. The van der Waals surface area contributed by atoms with Gasteiger partial charge >= 0.3 is 6.18 Å². The van der Waals surface area contributed by atoms with Crippen molar-refractivity contribution in [2.45, 2.75) is 13.1 Å². The normalized spacial score (nSPS) is 12.1. The molecule has 90 valence electrons. The lowest BCUT2D eigenvalue weighted by molar-refractivity contribution is -0.136. The molecule has 0 aliphatic carbocycles. The molecule has 0 saturated heterocycles. The smallest absolute Gasteiger partial charge is 0.383 e. The number of nitrogen functional groups attached to an aromatic ring is 1. The SMILES string of the molecule is Cc1cc2cc(Cl)cc(C(F)(F)F)c2nc1N. The molecule has 2 nitrogen and oxygen atoms in total. The molecule has 0 radical (unpaired) electrons. The van der Waals surface area contributed by atoms with E-state index in [0.717, 1.165) is 6.07 Å². The van der Waals surface area contributed by atoms with Crippen molar-refractivity contribution in [1.82, 2.24) is 4.98 Å². The number of fused-ring (bicyclic) bond motifs is 1. The number of rotatable bonds is 0. The van der Waals surface area contributed by atoms with E-state index >= 15 is 0 Å². The number of aromatic nitrogens is 1. The molecule has 0 amide bonds. The van der Waals surface area contributed by atoms with Crippen LogP contribution in [0, 0.1) is 6.92 Å². The Labute approximate surface area is 100 Å². The highest BCUT2D eigenvalue weighted by Crippen LogP contribution is 2.36. The minimum absolute atomic E-state index is 0.0239. The molecule has 2 aromatic rings. The molecule has 0 atom stereocenters. The van der Waals surface area contributed by atoms with Crippen LogP contribution in [0.15, 0.2) is 18.2 Å². The Balaban J connectivity index is 2.88. The van der Waals surface area contributed by atoms with Gasteiger partial charge in [-0.2, -0.15) is 13.2 Å². The summed E-state index contributed by atoms with van der Waals surface area (Å²) in [6.45, 7) is 1.68. The van der Waals surface area contributed by atoms with Crippen LogP contribution in [0.4, 0.5) is 19.0 Å². The van der Waals surface area contributed by atoms with Gasteiger partial charge in [-0.15, -0.1) is 0 Å². The monoisotopic (exact) mass is 260 g/mol. The Kier molecular flexibility index (Phi) is 2.66. The van der Waals surface area contributed by atoms with E-state index in [0.29, 0.717) is 10.9 Å². The molecule has 17 heavy (non-hydrogen) atoms. The number of alkyl halides is 3. The van der Waals surface area contributed by atoms with Gasteiger partial charge in [0, 0.05) is 10.4 Å². The summed E-state index contributed by atoms with van der Waals surface area (Å²) in [4.78, 5) is 3.78. The Morgan fingerprint density at radius 1 is 1.24 bits per heavy atom. The van der Waals surface area contributed by atoms with E-state index in [1.54, 1.807) is 13.0 Å². The fourth-order valence-electron chi connectivity index (χ4n) is 1.59.